The van der Waals surface area contributed by atoms with Gasteiger partial charge in [0.25, 0.3) is 0 Å². The monoisotopic (exact) mass is 185 g/mol. The fourth-order valence-electron chi connectivity index (χ4n) is 1.62. The molecule has 0 bridgehead atoms. The lowest BCUT2D eigenvalue weighted by Gasteiger charge is -2.03. The predicted octanol–water partition coefficient (Wildman–Crippen LogP) is 1.76. The number of phenolic OH excluding ortho intramolecular Hbond substituents is 1. The third-order valence-corrected chi connectivity index (χ3v) is 2.25. The quantitative estimate of drug-likeness (QED) is 0.647. The average molecular weight is 186 g/mol. The number of fused-ring (bicyclic) bond motifs is 1. The summed E-state index contributed by atoms with van der Waals surface area (Å²) in [4.78, 5) is 0. The second-order valence-electron chi connectivity index (χ2n) is 3.03. The van der Waals surface area contributed by atoms with Crippen LogP contribution in [0, 0.1) is 0 Å². The van der Waals surface area contributed by atoms with Gasteiger partial charge in [0.2, 0.25) is 0 Å². The van der Waals surface area contributed by atoms with Crippen LogP contribution in [0.25, 0.3) is 0 Å². The van der Waals surface area contributed by atoms with Crippen molar-refractivity contribution in [1.29, 1.82) is 0 Å². The van der Waals surface area contributed by atoms with Crippen LogP contribution < -0.4 is 5.73 Å². The molecule has 0 radical (unpaired) electrons. The average Bonchev–Trinajstić information content (AvgIpc) is 2.33. The number of aryl methyl sites for hydroxylation is 1. The normalized spacial score (nSPS) is 19.9. The first-order valence-corrected chi connectivity index (χ1v) is 3.85. The summed E-state index contributed by atoms with van der Waals surface area (Å²) < 4.78 is 0. The van der Waals surface area contributed by atoms with Crippen molar-refractivity contribution in [2.45, 2.75) is 18.9 Å². The molecule has 0 aromatic heterocycles. The van der Waals surface area contributed by atoms with Crippen LogP contribution in [0.2, 0.25) is 0 Å². The molecule has 0 unspecified atom stereocenters. The number of halogens is 1. The van der Waals surface area contributed by atoms with E-state index in [-0.39, 0.29) is 18.4 Å². The van der Waals surface area contributed by atoms with Crippen LogP contribution in [-0.2, 0) is 6.42 Å². The maximum atomic E-state index is 9.16. The summed E-state index contributed by atoms with van der Waals surface area (Å²) in [5, 5.41) is 9.16. The Morgan fingerprint density at radius 1 is 1.42 bits per heavy atom. The van der Waals surface area contributed by atoms with Gasteiger partial charge < -0.3 is 10.8 Å². The fourth-order valence-corrected chi connectivity index (χ4v) is 1.62. The van der Waals surface area contributed by atoms with Crippen molar-refractivity contribution in [2.75, 3.05) is 0 Å². The number of rotatable bonds is 0. The first-order chi connectivity index (χ1) is 5.27. The molecular weight excluding hydrogens is 174 g/mol. The minimum Gasteiger partial charge on any atom is -0.508 e. The summed E-state index contributed by atoms with van der Waals surface area (Å²) in [5.41, 5.74) is 8.21. The molecule has 3 N–H and O–H groups in total. The van der Waals surface area contributed by atoms with Crippen LogP contribution in [0.5, 0.6) is 5.75 Å². The highest BCUT2D eigenvalue weighted by Crippen LogP contribution is 2.31. The second-order valence-corrected chi connectivity index (χ2v) is 3.03. The van der Waals surface area contributed by atoms with Gasteiger partial charge >= 0.3 is 0 Å². The Balaban J connectivity index is 0.000000720. The fraction of sp³-hybridized carbons (Fsp3) is 0.333. The van der Waals surface area contributed by atoms with Crippen LogP contribution in [0.15, 0.2) is 18.2 Å². The van der Waals surface area contributed by atoms with Crippen LogP contribution >= 0.6 is 12.4 Å². The Morgan fingerprint density at radius 2 is 2.17 bits per heavy atom. The number of aromatic hydroxyl groups is 1. The Kier molecular flexibility index (Phi) is 2.60. The summed E-state index contributed by atoms with van der Waals surface area (Å²) in [7, 11) is 0. The first-order valence-electron chi connectivity index (χ1n) is 3.85. The molecule has 0 fully saturated rings. The molecule has 3 heteroatoms. The van der Waals surface area contributed by atoms with Crippen molar-refractivity contribution in [1.82, 2.24) is 0 Å². The van der Waals surface area contributed by atoms with Gasteiger partial charge in [-0.3, -0.25) is 0 Å². The van der Waals surface area contributed by atoms with E-state index in [1.807, 2.05) is 6.07 Å². The predicted molar refractivity (Wildman–Crippen MR) is 50.6 cm³/mol. The number of hydrogen-bond acceptors (Lipinski definition) is 2. The molecule has 0 saturated carbocycles. The number of benzene rings is 1. The van der Waals surface area contributed by atoms with Crippen molar-refractivity contribution >= 4 is 12.4 Å². The molecule has 1 aliphatic rings. The molecule has 1 aliphatic carbocycles. The number of hydrogen-bond donors (Lipinski definition) is 2. The maximum absolute atomic E-state index is 9.16. The molecule has 2 rings (SSSR count). The second kappa shape index (κ2) is 3.33. The Hall–Kier alpha value is -0.730. The van der Waals surface area contributed by atoms with Crippen molar-refractivity contribution in [3.05, 3.63) is 29.3 Å². The molecule has 0 spiro atoms. The van der Waals surface area contributed by atoms with Gasteiger partial charge in [-0.1, -0.05) is 6.07 Å². The van der Waals surface area contributed by atoms with Crippen molar-refractivity contribution < 1.29 is 5.11 Å². The van der Waals surface area contributed by atoms with Gasteiger partial charge in [-0.2, -0.15) is 0 Å². The lowest BCUT2D eigenvalue weighted by atomic mass is 10.1. The standard InChI is InChI=1S/C9H11NO.ClH/c10-9-4-2-6-1-3-7(11)5-8(6)9;/h1,3,5,9,11H,2,4,10H2;1H/t9-;/m0./s1. The highest BCUT2D eigenvalue weighted by molar-refractivity contribution is 5.85. The highest BCUT2D eigenvalue weighted by atomic mass is 35.5. The van der Waals surface area contributed by atoms with Crippen molar-refractivity contribution in [3.8, 4) is 5.75 Å². The number of phenols is 1. The van der Waals surface area contributed by atoms with E-state index < -0.39 is 0 Å². The topological polar surface area (TPSA) is 46.2 Å². The molecule has 1 aromatic carbocycles. The van der Waals surface area contributed by atoms with Gasteiger partial charge in [0, 0.05) is 6.04 Å². The summed E-state index contributed by atoms with van der Waals surface area (Å²) >= 11 is 0. The van der Waals surface area contributed by atoms with Gasteiger partial charge in [-0.05, 0) is 36.1 Å². The smallest absolute Gasteiger partial charge is 0.115 e. The van der Waals surface area contributed by atoms with E-state index in [2.05, 4.69) is 0 Å². The molecule has 0 heterocycles. The van der Waals surface area contributed by atoms with Crippen LogP contribution in [0.1, 0.15) is 23.6 Å². The lowest BCUT2D eigenvalue weighted by molar-refractivity contribution is 0.474. The van der Waals surface area contributed by atoms with Crippen molar-refractivity contribution in [2.24, 2.45) is 5.73 Å². The molecule has 66 valence electrons. The first kappa shape index (κ1) is 9.36. The third-order valence-electron chi connectivity index (χ3n) is 2.25. The Morgan fingerprint density at radius 3 is 2.92 bits per heavy atom. The van der Waals surface area contributed by atoms with Gasteiger partial charge in [0.05, 0.1) is 0 Å². The molecule has 0 aliphatic heterocycles. The molecule has 12 heavy (non-hydrogen) atoms. The zero-order valence-electron chi connectivity index (χ0n) is 6.66. The van der Waals surface area contributed by atoms with E-state index in [4.69, 9.17) is 10.8 Å². The summed E-state index contributed by atoms with van der Waals surface area (Å²) in [6.07, 6.45) is 2.07. The minimum atomic E-state index is 0. The zero-order chi connectivity index (χ0) is 7.84. The SMILES string of the molecule is Cl.N[C@H]1CCc2ccc(O)cc21. The molecule has 2 nitrogen and oxygen atoms in total. The van der Waals surface area contributed by atoms with Gasteiger partial charge in [-0.25, -0.2) is 0 Å². The third kappa shape index (κ3) is 1.40. The largest absolute Gasteiger partial charge is 0.508 e. The summed E-state index contributed by atoms with van der Waals surface area (Å²) in [6, 6.07) is 5.58. The summed E-state index contributed by atoms with van der Waals surface area (Å²) in [5.74, 6) is 0.320. The van der Waals surface area contributed by atoms with Crippen LogP contribution in [0.4, 0.5) is 0 Å². The van der Waals surface area contributed by atoms with Gasteiger partial charge in [0.1, 0.15) is 5.75 Å². The van der Waals surface area contributed by atoms with E-state index in [1.165, 1.54) is 5.56 Å². The molecular formula is C9H12ClNO. The molecule has 1 atom stereocenters. The number of nitrogens with two attached hydrogens (primary N) is 1. The van der Waals surface area contributed by atoms with Crippen LogP contribution in [0.3, 0.4) is 0 Å². The Labute approximate surface area is 77.8 Å². The molecule has 0 amide bonds. The van der Waals surface area contributed by atoms with Crippen molar-refractivity contribution in [3.63, 3.8) is 0 Å². The molecule has 1 aromatic rings. The maximum Gasteiger partial charge on any atom is 0.115 e. The van der Waals surface area contributed by atoms with Gasteiger partial charge in [0.15, 0.2) is 0 Å². The van der Waals surface area contributed by atoms with E-state index in [1.54, 1.807) is 12.1 Å². The lowest BCUT2D eigenvalue weighted by Crippen LogP contribution is -2.04. The van der Waals surface area contributed by atoms with E-state index in [0.29, 0.717) is 5.75 Å². The Bertz CT molecular complexity index is 288. The highest BCUT2D eigenvalue weighted by Gasteiger charge is 2.18. The summed E-state index contributed by atoms with van der Waals surface area (Å²) in [6.45, 7) is 0. The van der Waals surface area contributed by atoms with Crippen LogP contribution in [-0.4, -0.2) is 5.11 Å². The minimum absolute atomic E-state index is 0. The van der Waals surface area contributed by atoms with E-state index in [0.717, 1.165) is 18.4 Å². The van der Waals surface area contributed by atoms with E-state index >= 15 is 0 Å². The molecule has 0 saturated heterocycles. The zero-order valence-corrected chi connectivity index (χ0v) is 7.47. The van der Waals surface area contributed by atoms with E-state index in [9.17, 15) is 0 Å². The van der Waals surface area contributed by atoms with Gasteiger partial charge in [-0.15, -0.1) is 12.4 Å².